The SMILES string of the molecule is COc1ccc2c(c1)C(=O)CC(C1CCCN(C(=O)c3ccc(C)o3)C1)O2. The van der Waals surface area contributed by atoms with Crippen LogP contribution in [0.15, 0.2) is 34.7 Å². The summed E-state index contributed by atoms with van der Waals surface area (Å²) in [5.74, 6) is 2.42. The zero-order valence-corrected chi connectivity index (χ0v) is 15.6. The molecular formula is C21H23NO5. The Morgan fingerprint density at radius 3 is 2.85 bits per heavy atom. The Kier molecular flexibility index (Phi) is 4.64. The van der Waals surface area contributed by atoms with Crippen LogP contribution in [0.4, 0.5) is 0 Å². The van der Waals surface area contributed by atoms with Crippen molar-refractivity contribution in [1.82, 2.24) is 4.90 Å². The smallest absolute Gasteiger partial charge is 0.289 e. The van der Waals surface area contributed by atoms with Crippen molar-refractivity contribution in [2.45, 2.75) is 32.3 Å². The first-order valence-electron chi connectivity index (χ1n) is 9.29. The lowest BCUT2D eigenvalue weighted by molar-refractivity contribution is 0.0390. The van der Waals surface area contributed by atoms with Crippen LogP contribution in [0.2, 0.25) is 0 Å². The molecule has 2 unspecified atom stereocenters. The molecule has 2 aromatic rings. The molecule has 0 N–H and O–H groups in total. The molecule has 3 heterocycles. The van der Waals surface area contributed by atoms with Gasteiger partial charge in [-0.25, -0.2) is 0 Å². The van der Waals surface area contributed by atoms with E-state index >= 15 is 0 Å². The monoisotopic (exact) mass is 369 g/mol. The summed E-state index contributed by atoms with van der Waals surface area (Å²) in [6, 6.07) is 8.82. The number of ketones is 1. The van der Waals surface area contributed by atoms with Gasteiger partial charge in [-0.15, -0.1) is 0 Å². The molecule has 0 bridgehead atoms. The molecule has 1 aromatic heterocycles. The number of methoxy groups -OCH3 is 1. The van der Waals surface area contributed by atoms with E-state index in [0.29, 0.717) is 42.3 Å². The molecule has 27 heavy (non-hydrogen) atoms. The molecule has 6 heteroatoms. The first-order valence-corrected chi connectivity index (χ1v) is 9.29. The number of fused-ring (bicyclic) bond motifs is 1. The number of Topliss-reactive ketones (excluding diaryl/α,β-unsaturated/α-hetero) is 1. The van der Waals surface area contributed by atoms with Gasteiger partial charge in [-0.2, -0.15) is 0 Å². The van der Waals surface area contributed by atoms with E-state index in [2.05, 4.69) is 0 Å². The van der Waals surface area contributed by atoms with Crippen molar-refractivity contribution in [2.75, 3.05) is 20.2 Å². The first kappa shape index (κ1) is 17.6. The Bertz CT molecular complexity index is 871. The van der Waals surface area contributed by atoms with Gasteiger partial charge in [-0.3, -0.25) is 9.59 Å². The lowest BCUT2D eigenvalue weighted by Gasteiger charge is -2.38. The third kappa shape index (κ3) is 3.44. The average Bonchev–Trinajstić information content (AvgIpc) is 3.13. The van der Waals surface area contributed by atoms with E-state index < -0.39 is 0 Å². The van der Waals surface area contributed by atoms with Gasteiger partial charge in [-0.05, 0) is 50.1 Å². The van der Waals surface area contributed by atoms with Crippen molar-refractivity contribution >= 4 is 11.7 Å². The molecule has 1 fully saturated rings. The van der Waals surface area contributed by atoms with Crippen LogP contribution >= 0.6 is 0 Å². The highest BCUT2D eigenvalue weighted by Gasteiger charge is 2.36. The number of benzene rings is 1. The molecule has 0 aliphatic carbocycles. The molecule has 0 radical (unpaired) electrons. The minimum atomic E-state index is -0.215. The average molecular weight is 369 g/mol. The minimum absolute atomic E-state index is 0.0604. The highest BCUT2D eigenvalue weighted by Crippen LogP contribution is 2.35. The van der Waals surface area contributed by atoms with Gasteiger partial charge in [0.1, 0.15) is 23.4 Å². The van der Waals surface area contributed by atoms with Gasteiger partial charge in [0.15, 0.2) is 11.5 Å². The largest absolute Gasteiger partial charge is 0.497 e. The number of aryl methyl sites for hydroxylation is 1. The van der Waals surface area contributed by atoms with Crippen LogP contribution in [0.5, 0.6) is 11.5 Å². The van der Waals surface area contributed by atoms with Gasteiger partial charge >= 0.3 is 0 Å². The quantitative estimate of drug-likeness (QED) is 0.828. The van der Waals surface area contributed by atoms with Crippen LogP contribution < -0.4 is 9.47 Å². The first-order chi connectivity index (χ1) is 13.0. The number of rotatable bonds is 3. The summed E-state index contributed by atoms with van der Waals surface area (Å²) in [4.78, 5) is 27.1. The van der Waals surface area contributed by atoms with Crippen molar-refractivity contribution in [1.29, 1.82) is 0 Å². The lowest BCUT2D eigenvalue weighted by Crippen LogP contribution is -2.46. The van der Waals surface area contributed by atoms with Gasteiger partial charge in [0.2, 0.25) is 0 Å². The predicted molar refractivity (Wildman–Crippen MR) is 98.4 cm³/mol. The van der Waals surface area contributed by atoms with Crippen LogP contribution in [0.25, 0.3) is 0 Å². The fraction of sp³-hybridized carbons (Fsp3) is 0.429. The number of hydrogen-bond donors (Lipinski definition) is 0. The fourth-order valence-corrected chi connectivity index (χ4v) is 3.92. The molecule has 1 saturated heterocycles. The molecule has 4 rings (SSSR count). The Morgan fingerprint density at radius 1 is 1.26 bits per heavy atom. The second kappa shape index (κ2) is 7.10. The van der Waals surface area contributed by atoms with Crippen molar-refractivity contribution < 1.29 is 23.5 Å². The van der Waals surface area contributed by atoms with E-state index in [1.54, 1.807) is 37.4 Å². The standard InChI is InChI=1S/C21H23NO5/c1-13-5-7-19(26-13)21(24)22-9-3-4-14(12-22)20-11-17(23)16-10-15(25-2)6-8-18(16)27-20/h5-8,10,14,20H,3-4,9,11-12H2,1-2H3. The van der Waals surface area contributed by atoms with Gasteiger partial charge < -0.3 is 18.8 Å². The number of carbonyl (C=O) groups excluding carboxylic acids is 2. The Hall–Kier alpha value is -2.76. The molecular weight excluding hydrogens is 346 g/mol. The summed E-state index contributed by atoms with van der Waals surface area (Å²) >= 11 is 0. The van der Waals surface area contributed by atoms with Crippen LogP contribution in [0, 0.1) is 12.8 Å². The van der Waals surface area contributed by atoms with Crippen LogP contribution in [0.3, 0.4) is 0 Å². The van der Waals surface area contributed by atoms with Crippen molar-refractivity contribution in [2.24, 2.45) is 5.92 Å². The summed E-state index contributed by atoms with van der Waals surface area (Å²) < 4.78 is 16.8. The van der Waals surface area contributed by atoms with Crippen LogP contribution in [-0.4, -0.2) is 42.9 Å². The summed E-state index contributed by atoms with van der Waals surface area (Å²) in [7, 11) is 1.58. The van der Waals surface area contributed by atoms with E-state index in [1.165, 1.54) is 0 Å². The number of carbonyl (C=O) groups is 2. The number of likely N-dealkylation sites (tertiary alicyclic amines) is 1. The number of nitrogens with zero attached hydrogens (tertiary/aromatic N) is 1. The Balaban J connectivity index is 1.48. The van der Waals surface area contributed by atoms with Crippen molar-refractivity contribution in [3.05, 3.63) is 47.4 Å². The summed E-state index contributed by atoms with van der Waals surface area (Å²) in [6.07, 6.45) is 1.93. The highest BCUT2D eigenvalue weighted by molar-refractivity contribution is 6.00. The number of piperidine rings is 1. The Morgan fingerprint density at radius 2 is 2.11 bits per heavy atom. The third-order valence-corrected chi connectivity index (χ3v) is 5.37. The topological polar surface area (TPSA) is 69.0 Å². The van der Waals surface area contributed by atoms with Crippen molar-refractivity contribution in [3.8, 4) is 11.5 Å². The molecule has 142 valence electrons. The van der Waals surface area contributed by atoms with Crippen LogP contribution in [-0.2, 0) is 0 Å². The van der Waals surface area contributed by atoms with Crippen molar-refractivity contribution in [3.63, 3.8) is 0 Å². The van der Waals surface area contributed by atoms with E-state index in [4.69, 9.17) is 13.9 Å². The third-order valence-electron chi connectivity index (χ3n) is 5.37. The predicted octanol–water partition coefficient (Wildman–Crippen LogP) is 3.48. The zero-order chi connectivity index (χ0) is 19.0. The van der Waals surface area contributed by atoms with E-state index in [0.717, 1.165) is 18.6 Å². The molecule has 6 nitrogen and oxygen atoms in total. The summed E-state index contributed by atoms with van der Waals surface area (Å²) in [6.45, 7) is 3.09. The normalized spacial score (nSPS) is 22.1. The van der Waals surface area contributed by atoms with Gasteiger partial charge in [0.25, 0.3) is 5.91 Å². The molecule has 1 aromatic carbocycles. The van der Waals surface area contributed by atoms with E-state index in [-0.39, 0.29) is 23.7 Å². The summed E-state index contributed by atoms with van der Waals surface area (Å²) in [5.41, 5.74) is 0.570. The fourth-order valence-electron chi connectivity index (χ4n) is 3.92. The molecule has 0 saturated carbocycles. The number of hydrogen-bond acceptors (Lipinski definition) is 5. The second-order valence-electron chi connectivity index (χ2n) is 7.21. The maximum absolute atomic E-state index is 12.7. The minimum Gasteiger partial charge on any atom is -0.497 e. The number of ether oxygens (including phenoxy) is 2. The maximum Gasteiger partial charge on any atom is 0.289 e. The van der Waals surface area contributed by atoms with E-state index in [9.17, 15) is 9.59 Å². The molecule has 2 aliphatic rings. The van der Waals surface area contributed by atoms with Gasteiger partial charge in [0.05, 0.1) is 12.7 Å². The zero-order valence-electron chi connectivity index (χ0n) is 15.6. The maximum atomic E-state index is 12.7. The van der Waals surface area contributed by atoms with Gasteiger partial charge in [-0.1, -0.05) is 0 Å². The number of furan rings is 1. The lowest BCUT2D eigenvalue weighted by atomic mass is 9.86. The molecule has 2 aliphatic heterocycles. The molecule has 1 amide bonds. The highest BCUT2D eigenvalue weighted by atomic mass is 16.5. The molecule has 0 spiro atoms. The molecule has 2 atom stereocenters. The van der Waals surface area contributed by atoms with Gasteiger partial charge in [0, 0.05) is 25.4 Å². The second-order valence-corrected chi connectivity index (χ2v) is 7.21. The van der Waals surface area contributed by atoms with E-state index in [1.807, 2.05) is 11.8 Å². The summed E-state index contributed by atoms with van der Waals surface area (Å²) in [5, 5.41) is 0. The number of amides is 1. The Labute approximate surface area is 158 Å². The van der Waals surface area contributed by atoms with Crippen LogP contribution in [0.1, 0.15) is 45.9 Å².